The summed E-state index contributed by atoms with van der Waals surface area (Å²) in [5.74, 6) is -0.151. The van der Waals surface area contributed by atoms with Gasteiger partial charge in [-0.05, 0) is 32.9 Å². The summed E-state index contributed by atoms with van der Waals surface area (Å²) in [5.41, 5.74) is 0.257. The Morgan fingerprint density at radius 1 is 1.18 bits per heavy atom. The Morgan fingerprint density at radius 3 is 2.29 bits per heavy atom. The average molecular weight is 251 g/mol. The van der Waals surface area contributed by atoms with Gasteiger partial charge in [0.15, 0.2) is 5.12 Å². The van der Waals surface area contributed by atoms with Crippen LogP contribution in [0.1, 0.15) is 38.1 Å². The maximum Gasteiger partial charge on any atom is 0.252 e. The summed E-state index contributed by atoms with van der Waals surface area (Å²) < 4.78 is 0. The SMILES string of the molecule is CC(=O)Sc1ccccc1C(=O)NC(C)(C)C. The van der Waals surface area contributed by atoms with Gasteiger partial charge >= 0.3 is 0 Å². The molecule has 0 heterocycles. The Kier molecular flexibility index (Phi) is 4.34. The van der Waals surface area contributed by atoms with Crippen LogP contribution in [-0.2, 0) is 4.79 Å². The van der Waals surface area contributed by atoms with E-state index in [-0.39, 0.29) is 16.6 Å². The molecule has 1 aromatic rings. The van der Waals surface area contributed by atoms with Crippen molar-refractivity contribution in [2.45, 2.75) is 38.1 Å². The van der Waals surface area contributed by atoms with Gasteiger partial charge in [0.05, 0.1) is 5.56 Å². The molecule has 0 aliphatic rings. The van der Waals surface area contributed by atoms with Crippen LogP contribution in [0.4, 0.5) is 0 Å². The van der Waals surface area contributed by atoms with E-state index in [1.165, 1.54) is 6.92 Å². The summed E-state index contributed by atoms with van der Waals surface area (Å²) in [7, 11) is 0. The fraction of sp³-hybridized carbons (Fsp3) is 0.385. The molecule has 0 atom stereocenters. The molecule has 0 aliphatic carbocycles. The van der Waals surface area contributed by atoms with Gasteiger partial charge in [-0.25, -0.2) is 0 Å². The third-order valence-electron chi connectivity index (χ3n) is 1.87. The van der Waals surface area contributed by atoms with E-state index in [2.05, 4.69) is 5.32 Å². The van der Waals surface area contributed by atoms with Crippen LogP contribution in [0.2, 0.25) is 0 Å². The zero-order valence-corrected chi connectivity index (χ0v) is 11.4. The van der Waals surface area contributed by atoms with Gasteiger partial charge < -0.3 is 5.32 Å². The number of benzene rings is 1. The molecule has 0 saturated carbocycles. The van der Waals surface area contributed by atoms with E-state index in [0.717, 1.165) is 11.8 Å². The second-order valence-corrected chi connectivity index (χ2v) is 6.01. The lowest BCUT2D eigenvalue weighted by atomic mass is 10.1. The summed E-state index contributed by atoms with van der Waals surface area (Å²) in [6.07, 6.45) is 0. The topological polar surface area (TPSA) is 46.2 Å². The lowest BCUT2D eigenvalue weighted by molar-refractivity contribution is -0.109. The van der Waals surface area contributed by atoms with Crippen molar-refractivity contribution in [3.05, 3.63) is 29.8 Å². The largest absolute Gasteiger partial charge is 0.347 e. The van der Waals surface area contributed by atoms with Crippen LogP contribution in [0.15, 0.2) is 29.2 Å². The highest BCUT2D eigenvalue weighted by atomic mass is 32.2. The fourth-order valence-electron chi connectivity index (χ4n) is 1.31. The first-order valence-corrected chi connectivity index (χ1v) is 6.21. The van der Waals surface area contributed by atoms with E-state index in [1.807, 2.05) is 26.8 Å². The number of carbonyl (C=O) groups is 2. The Morgan fingerprint density at radius 2 is 1.76 bits per heavy atom. The summed E-state index contributed by atoms with van der Waals surface area (Å²) in [4.78, 5) is 23.8. The van der Waals surface area contributed by atoms with Crippen molar-refractivity contribution in [2.75, 3.05) is 0 Å². The monoisotopic (exact) mass is 251 g/mol. The summed E-state index contributed by atoms with van der Waals surface area (Å²) in [6, 6.07) is 7.12. The van der Waals surface area contributed by atoms with E-state index in [1.54, 1.807) is 18.2 Å². The molecule has 0 aliphatic heterocycles. The van der Waals surface area contributed by atoms with Gasteiger partial charge in [0.1, 0.15) is 0 Å². The van der Waals surface area contributed by atoms with E-state index >= 15 is 0 Å². The van der Waals surface area contributed by atoms with Crippen LogP contribution in [0.3, 0.4) is 0 Å². The number of rotatable bonds is 2. The number of carbonyl (C=O) groups excluding carboxylic acids is 2. The molecule has 17 heavy (non-hydrogen) atoms. The van der Waals surface area contributed by atoms with Crippen LogP contribution in [-0.4, -0.2) is 16.6 Å². The minimum atomic E-state index is -0.287. The van der Waals surface area contributed by atoms with Gasteiger partial charge in [0.2, 0.25) is 0 Å². The van der Waals surface area contributed by atoms with Gasteiger partial charge in [0.25, 0.3) is 5.91 Å². The maximum absolute atomic E-state index is 12.0. The second kappa shape index (κ2) is 5.36. The average Bonchev–Trinajstić information content (AvgIpc) is 2.14. The predicted octanol–water partition coefficient (Wildman–Crippen LogP) is 2.85. The molecule has 0 aromatic heterocycles. The second-order valence-electron chi connectivity index (χ2n) is 4.79. The van der Waals surface area contributed by atoms with Crippen LogP contribution >= 0.6 is 11.8 Å². The number of hydrogen-bond donors (Lipinski definition) is 1. The van der Waals surface area contributed by atoms with Crippen LogP contribution < -0.4 is 5.32 Å². The highest BCUT2D eigenvalue weighted by molar-refractivity contribution is 8.13. The fourth-order valence-corrected chi connectivity index (χ4v) is 2.03. The first kappa shape index (κ1) is 13.8. The molecule has 1 aromatic carbocycles. The molecule has 0 fully saturated rings. The molecule has 0 radical (unpaired) electrons. The number of nitrogens with one attached hydrogen (secondary N) is 1. The molecule has 1 rings (SSSR count). The molecule has 3 nitrogen and oxygen atoms in total. The zero-order valence-electron chi connectivity index (χ0n) is 10.5. The molecule has 0 bridgehead atoms. The summed E-state index contributed by atoms with van der Waals surface area (Å²) in [6.45, 7) is 7.26. The quantitative estimate of drug-likeness (QED) is 0.822. The Bertz CT molecular complexity index is 435. The first-order valence-electron chi connectivity index (χ1n) is 5.39. The normalized spacial score (nSPS) is 11.1. The molecule has 4 heteroatoms. The van der Waals surface area contributed by atoms with Gasteiger partial charge in [-0.3, -0.25) is 9.59 Å². The lowest BCUT2D eigenvalue weighted by Gasteiger charge is -2.21. The van der Waals surface area contributed by atoms with Crippen molar-refractivity contribution in [2.24, 2.45) is 0 Å². The van der Waals surface area contributed by atoms with Gasteiger partial charge in [0, 0.05) is 17.4 Å². The van der Waals surface area contributed by atoms with Crippen molar-refractivity contribution >= 4 is 22.8 Å². The summed E-state index contributed by atoms with van der Waals surface area (Å²) >= 11 is 1.08. The van der Waals surface area contributed by atoms with Crippen molar-refractivity contribution < 1.29 is 9.59 Å². The minimum absolute atomic E-state index is 0.0268. The van der Waals surface area contributed by atoms with E-state index in [9.17, 15) is 9.59 Å². The Balaban J connectivity index is 2.97. The molecular weight excluding hydrogens is 234 g/mol. The predicted molar refractivity (Wildman–Crippen MR) is 70.2 cm³/mol. The van der Waals surface area contributed by atoms with Crippen molar-refractivity contribution in [1.82, 2.24) is 5.32 Å². The third-order valence-corrected chi connectivity index (χ3v) is 2.74. The molecule has 0 unspecified atom stereocenters. The van der Waals surface area contributed by atoms with E-state index in [0.29, 0.717) is 10.5 Å². The molecule has 92 valence electrons. The van der Waals surface area contributed by atoms with Crippen molar-refractivity contribution in [3.63, 3.8) is 0 Å². The van der Waals surface area contributed by atoms with Crippen LogP contribution in [0.25, 0.3) is 0 Å². The van der Waals surface area contributed by atoms with Crippen molar-refractivity contribution in [3.8, 4) is 0 Å². The number of thioether (sulfide) groups is 1. The highest BCUT2D eigenvalue weighted by Crippen LogP contribution is 2.23. The zero-order chi connectivity index (χ0) is 13.1. The highest BCUT2D eigenvalue weighted by Gasteiger charge is 2.18. The molecule has 1 N–H and O–H groups in total. The first-order chi connectivity index (χ1) is 7.79. The molecule has 0 saturated heterocycles. The van der Waals surface area contributed by atoms with Gasteiger partial charge in [-0.15, -0.1) is 0 Å². The van der Waals surface area contributed by atoms with Gasteiger partial charge in [-0.1, -0.05) is 23.9 Å². The van der Waals surface area contributed by atoms with Crippen LogP contribution in [0.5, 0.6) is 0 Å². The maximum atomic E-state index is 12.0. The van der Waals surface area contributed by atoms with E-state index < -0.39 is 0 Å². The number of amides is 1. The van der Waals surface area contributed by atoms with Gasteiger partial charge in [-0.2, -0.15) is 0 Å². The van der Waals surface area contributed by atoms with Crippen LogP contribution in [0, 0.1) is 0 Å². The van der Waals surface area contributed by atoms with Crippen molar-refractivity contribution in [1.29, 1.82) is 0 Å². The standard InChI is InChI=1S/C13H17NO2S/c1-9(15)17-11-8-6-5-7-10(11)12(16)14-13(2,3)4/h5-8H,1-4H3,(H,14,16). The third kappa shape index (κ3) is 4.61. The molecule has 0 spiro atoms. The number of hydrogen-bond acceptors (Lipinski definition) is 3. The lowest BCUT2D eigenvalue weighted by Crippen LogP contribution is -2.40. The smallest absolute Gasteiger partial charge is 0.252 e. The Hall–Kier alpha value is -1.29. The van der Waals surface area contributed by atoms with E-state index in [4.69, 9.17) is 0 Å². The minimum Gasteiger partial charge on any atom is -0.347 e. The summed E-state index contributed by atoms with van der Waals surface area (Å²) in [5, 5.41) is 2.86. The molecular formula is C13H17NO2S. The molecule has 1 amide bonds. The Labute approximate surface area is 106 Å².